The van der Waals surface area contributed by atoms with E-state index in [1.54, 1.807) is 24.3 Å². The Labute approximate surface area is 127 Å². The van der Waals surface area contributed by atoms with Crippen LogP contribution in [0.5, 0.6) is 0 Å². The molecule has 0 atom stereocenters. The minimum Gasteiger partial charge on any atom is -0.352 e. The molecule has 0 aliphatic rings. The Balaban J connectivity index is 2.81. The molecule has 1 aromatic carbocycles. The molecule has 6 heteroatoms. The fraction of sp³-hybridized carbons (Fsp3) is 0.533. The molecule has 118 valence electrons. The number of hydrogen-bond donors (Lipinski definition) is 1. The van der Waals surface area contributed by atoms with Crippen LogP contribution < -0.4 is 5.32 Å². The summed E-state index contributed by atoms with van der Waals surface area (Å²) in [6.45, 7) is 8.59. The van der Waals surface area contributed by atoms with E-state index in [9.17, 15) is 13.2 Å². The number of carbonyl (C=O) groups excluding carboxylic acids is 1. The molecule has 0 aromatic heterocycles. The van der Waals surface area contributed by atoms with E-state index in [1.807, 2.05) is 27.7 Å². The summed E-state index contributed by atoms with van der Waals surface area (Å²) in [6.07, 6.45) is 0. The third kappa shape index (κ3) is 4.54. The molecule has 0 bridgehead atoms. The molecule has 0 saturated carbocycles. The van der Waals surface area contributed by atoms with Gasteiger partial charge in [-0.3, -0.25) is 4.79 Å². The molecule has 21 heavy (non-hydrogen) atoms. The van der Waals surface area contributed by atoms with Crippen molar-refractivity contribution in [1.82, 2.24) is 9.62 Å². The predicted octanol–water partition coefficient (Wildman–Crippen LogP) is 1.99. The van der Waals surface area contributed by atoms with Crippen molar-refractivity contribution in [3.63, 3.8) is 0 Å². The Bertz CT molecular complexity index is 561. The van der Waals surface area contributed by atoms with Gasteiger partial charge in [0.05, 0.1) is 4.90 Å². The van der Waals surface area contributed by atoms with E-state index < -0.39 is 10.0 Å². The van der Waals surface area contributed by atoms with Gasteiger partial charge in [0.15, 0.2) is 0 Å². The van der Waals surface area contributed by atoms with Crippen LogP contribution in [0.1, 0.15) is 33.3 Å². The number of benzene rings is 1. The lowest BCUT2D eigenvalue weighted by Crippen LogP contribution is -2.30. The van der Waals surface area contributed by atoms with Gasteiger partial charge in [-0.25, -0.2) is 8.42 Å². The lowest BCUT2D eigenvalue weighted by atomic mass is 10.2. The summed E-state index contributed by atoms with van der Waals surface area (Å²) in [4.78, 5) is 11.8. The van der Waals surface area contributed by atoms with Crippen molar-refractivity contribution in [3.8, 4) is 0 Å². The standard InChI is InChI=1S/C15H24N2O3S/c1-5-17(6-2)21(19,20)14-9-7-13(8-10-14)11-16-15(18)12(3)4/h7-10,12H,5-6,11H2,1-4H3,(H,16,18). The van der Waals surface area contributed by atoms with Gasteiger partial charge in [0, 0.05) is 25.6 Å². The smallest absolute Gasteiger partial charge is 0.243 e. The van der Waals surface area contributed by atoms with E-state index in [-0.39, 0.29) is 16.7 Å². The first-order chi connectivity index (χ1) is 9.82. The zero-order chi connectivity index (χ0) is 16.0. The zero-order valence-electron chi connectivity index (χ0n) is 13.1. The van der Waals surface area contributed by atoms with Crippen LogP contribution in [0.25, 0.3) is 0 Å². The van der Waals surface area contributed by atoms with Crippen LogP contribution in [-0.2, 0) is 21.4 Å². The average molecular weight is 312 g/mol. The van der Waals surface area contributed by atoms with E-state index in [4.69, 9.17) is 0 Å². The monoisotopic (exact) mass is 312 g/mol. The van der Waals surface area contributed by atoms with Crippen LogP contribution >= 0.6 is 0 Å². The van der Waals surface area contributed by atoms with Crippen LogP contribution in [-0.4, -0.2) is 31.7 Å². The Morgan fingerprint density at radius 1 is 1.14 bits per heavy atom. The Kier molecular flexibility index (Phi) is 6.36. The second-order valence-electron chi connectivity index (χ2n) is 5.11. The molecule has 0 radical (unpaired) electrons. The van der Waals surface area contributed by atoms with Gasteiger partial charge in [-0.1, -0.05) is 39.8 Å². The molecule has 0 aliphatic carbocycles. The first-order valence-electron chi connectivity index (χ1n) is 7.19. The van der Waals surface area contributed by atoms with Crippen LogP contribution in [0.3, 0.4) is 0 Å². The highest BCUT2D eigenvalue weighted by molar-refractivity contribution is 7.89. The van der Waals surface area contributed by atoms with Gasteiger partial charge in [-0.2, -0.15) is 4.31 Å². The molecule has 1 rings (SSSR count). The Hall–Kier alpha value is -1.40. The summed E-state index contributed by atoms with van der Waals surface area (Å²) < 4.78 is 26.1. The highest BCUT2D eigenvalue weighted by Crippen LogP contribution is 2.16. The molecule has 0 heterocycles. The molecular weight excluding hydrogens is 288 g/mol. The molecule has 1 aromatic rings. The SMILES string of the molecule is CCN(CC)S(=O)(=O)c1ccc(CNC(=O)C(C)C)cc1. The third-order valence-electron chi connectivity index (χ3n) is 3.26. The molecule has 1 N–H and O–H groups in total. The number of rotatable bonds is 7. The van der Waals surface area contributed by atoms with Crippen molar-refractivity contribution < 1.29 is 13.2 Å². The van der Waals surface area contributed by atoms with Crippen molar-refractivity contribution in [2.45, 2.75) is 39.1 Å². The molecule has 0 aliphatic heterocycles. The van der Waals surface area contributed by atoms with Crippen LogP contribution in [0.2, 0.25) is 0 Å². The lowest BCUT2D eigenvalue weighted by Gasteiger charge is -2.18. The van der Waals surface area contributed by atoms with Crippen molar-refractivity contribution in [1.29, 1.82) is 0 Å². The summed E-state index contributed by atoms with van der Waals surface area (Å²) in [7, 11) is -3.42. The van der Waals surface area contributed by atoms with Crippen molar-refractivity contribution in [2.24, 2.45) is 5.92 Å². The maximum Gasteiger partial charge on any atom is 0.243 e. The van der Waals surface area contributed by atoms with Gasteiger partial charge in [0.25, 0.3) is 0 Å². The van der Waals surface area contributed by atoms with E-state index in [0.717, 1.165) is 5.56 Å². The largest absolute Gasteiger partial charge is 0.352 e. The highest BCUT2D eigenvalue weighted by atomic mass is 32.2. The second-order valence-corrected chi connectivity index (χ2v) is 7.04. The van der Waals surface area contributed by atoms with Crippen LogP contribution in [0.4, 0.5) is 0 Å². The molecule has 0 unspecified atom stereocenters. The van der Waals surface area contributed by atoms with Crippen molar-refractivity contribution >= 4 is 15.9 Å². The predicted molar refractivity (Wildman–Crippen MR) is 83.2 cm³/mol. The number of amides is 1. The maximum absolute atomic E-state index is 12.3. The number of sulfonamides is 1. The third-order valence-corrected chi connectivity index (χ3v) is 5.32. The number of nitrogens with zero attached hydrogens (tertiary/aromatic N) is 1. The maximum atomic E-state index is 12.3. The molecule has 5 nitrogen and oxygen atoms in total. The normalized spacial score (nSPS) is 11.9. The van der Waals surface area contributed by atoms with E-state index in [1.165, 1.54) is 4.31 Å². The van der Waals surface area contributed by atoms with Gasteiger partial charge in [-0.05, 0) is 17.7 Å². The summed E-state index contributed by atoms with van der Waals surface area (Å²) in [6, 6.07) is 6.64. The van der Waals surface area contributed by atoms with Gasteiger partial charge in [-0.15, -0.1) is 0 Å². The first kappa shape index (κ1) is 17.7. The zero-order valence-corrected chi connectivity index (χ0v) is 13.9. The van der Waals surface area contributed by atoms with Crippen molar-refractivity contribution in [2.75, 3.05) is 13.1 Å². The van der Waals surface area contributed by atoms with Crippen LogP contribution in [0, 0.1) is 5.92 Å². The summed E-state index contributed by atoms with van der Waals surface area (Å²) in [5.74, 6) is -0.0813. The molecular formula is C15H24N2O3S. The number of hydrogen-bond acceptors (Lipinski definition) is 3. The van der Waals surface area contributed by atoms with Crippen molar-refractivity contribution in [3.05, 3.63) is 29.8 Å². The highest BCUT2D eigenvalue weighted by Gasteiger charge is 2.21. The summed E-state index contributed by atoms with van der Waals surface area (Å²) in [5, 5.41) is 2.80. The Morgan fingerprint density at radius 2 is 1.67 bits per heavy atom. The van der Waals surface area contributed by atoms with E-state index in [0.29, 0.717) is 19.6 Å². The van der Waals surface area contributed by atoms with Gasteiger partial charge in [0.2, 0.25) is 15.9 Å². The average Bonchev–Trinajstić information content (AvgIpc) is 2.46. The second kappa shape index (κ2) is 7.56. The first-order valence-corrected chi connectivity index (χ1v) is 8.63. The summed E-state index contributed by atoms with van der Waals surface area (Å²) >= 11 is 0. The number of nitrogens with one attached hydrogen (secondary N) is 1. The molecule has 0 spiro atoms. The minimum atomic E-state index is -3.42. The fourth-order valence-corrected chi connectivity index (χ4v) is 3.34. The quantitative estimate of drug-likeness (QED) is 0.837. The topological polar surface area (TPSA) is 66.5 Å². The molecule has 0 fully saturated rings. The lowest BCUT2D eigenvalue weighted by molar-refractivity contribution is -0.124. The molecule has 0 saturated heterocycles. The minimum absolute atomic E-state index is 0.0187. The van der Waals surface area contributed by atoms with Crippen LogP contribution in [0.15, 0.2) is 29.2 Å². The number of carbonyl (C=O) groups is 1. The van der Waals surface area contributed by atoms with Gasteiger partial charge in [0.1, 0.15) is 0 Å². The van der Waals surface area contributed by atoms with E-state index in [2.05, 4.69) is 5.32 Å². The Morgan fingerprint density at radius 3 is 2.10 bits per heavy atom. The van der Waals surface area contributed by atoms with E-state index >= 15 is 0 Å². The van der Waals surface area contributed by atoms with Gasteiger partial charge >= 0.3 is 0 Å². The fourth-order valence-electron chi connectivity index (χ4n) is 1.89. The molecule has 1 amide bonds. The van der Waals surface area contributed by atoms with Gasteiger partial charge < -0.3 is 5.32 Å². The summed E-state index contributed by atoms with van der Waals surface area (Å²) in [5.41, 5.74) is 0.877.